The largest absolute Gasteiger partial charge is 0.253 e. The molecule has 0 bridgehead atoms. The molecule has 20 heavy (non-hydrogen) atoms. The lowest BCUT2D eigenvalue weighted by atomic mass is 9.97. The molecule has 0 aliphatic heterocycles. The fourth-order valence-corrected chi connectivity index (χ4v) is 2.69. The zero-order chi connectivity index (χ0) is 14.8. The van der Waals surface area contributed by atoms with Crippen LogP contribution in [0.5, 0.6) is 0 Å². The Morgan fingerprint density at radius 3 is 2.40 bits per heavy atom. The molecule has 0 aliphatic carbocycles. The second-order valence-electron chi connectivity index (χ2n) is 5.01. The molecule has 0 saturated heterocycles. The smallest absolute Gasteiger partial charge is 0.175 e. The van der Waals surface area contributed by atoms with Crippen LogP contribution in [0.25, 0.3) is 0 Å². The van der Waals surface area contributed by atoms with Crippen molar-refractivity contribution in [3.8, 4) is 0 Å². The molecular weight excluding hydrogens is 274 g/mol. The first kappa shape index (κ1) is 14.7. The SMILES string of the molecule is CCn1cc(CC(C)c2ccc(S(C)(=O)=O)cc2)nn1. The van der Waals surface area contributed by atoms with Crippen molar-refractivity contribution in [3.05, 3.63) is 41.7 Å². The second kappa shape index (κ2) is 5.75. The number of aryl methyl sites for hydroxylation is 1. The van der Waals surface area contributed by atoms with Gasteiger partial charge in [0.15, 0.2) is 9.84 Å². The minimum absolute atomic E-state index is 0.269. The minimum Gasteiger partial charge on any atom is -0.253 e. The highest BCUT2D eigenvalue weighted by molar-refractivity contribution is 7.90. The molecule has 0 saturated carbocycles. The van der Waals surface area contributed by atoms with E-state index in [4.69, 9.17) is 0 Å². The summed E-state index contributed by atoms with van der Waals surface area (Å²) in [6.45, 7) is 4.93. The maximum absolute atomic E-state index is 11.4. The highest BCUT2D eigenvalue weighted by Gasteiger charge is 2.11. The average Bonchev–Trinajstić information content (AvgIpc) is 2.85. The third kappa shape index (κ3) is 3.45. The number of rotatable bonds is 5. The fraction of sp³-hybridized carbons (Fsp3) is 0.429. The summed E-state index contributed by atoms with van der Waals surface area (Å²) in [6.07, 6.45) is 3.95. The highest BCUT2D eigenvalue weighted by atomic mass is 32.2. The molecule has 1 unspecified atom stereocenters. The minimum atomic E-state index is -3.13. The van der Waals surface area contributed by atoms with Crippen LogP contribution in [0.3, 0.4) is 0 Å². The van der Waals surface area contributed by atoms with Crippen LogP contribution in [0.1, 0.15) is 31.0 Å². The van der Waals surface area contributed by atoms with E-state index in [-0.39, 0.29) is 5.92 Å². The van der Waals surface area contributed by atoms with E-state index in [2.05, 4.69) is 17.2 Å². The van der Waals surface area contributed by atoms with E-state index in [9.17, 15) is 8.42 Å². The molecular formula is C14H19N3O2S. The topological polar surface area (TPSA) is 64.8 Å². The molecule has 0 radical (unpaired) electrons. The Morgan fingerprint density at radius 1 is 1.25 bits per heavy atom. The molecule has 0 fully saturated rings. The first-order valence-electron chi connectivity index (χ1n) is 6.59. The molecule has 108 valence electrons. The van der Waals surface area contributed by atoms with Gasteiger partial charge in [-0.3, -0.25) is 4.68 Å². The van der Waals surface area contributed by atoms with Crippen molar-refractivity contribution in [2.75, 3.05) is 6.26 Å². The van der Waals surface area contributed by atoms with Crippen molar-refractivity contribution in [1.82, 2.24) is 15.0 Å². The Kier molecular flexibility index (Phi) is 4.23. The molecule has 1 aromatic heterocycles. The standard InChI is InChI=1S/C14H19N3O2S/c1-4-17-10-13(15-16-17)9-11(2)12-5-7-14(8-6-12)20(3,18)19/h5-8,10-11H,4,9H2,1-3H3. The van der Waals surface area contributed by atoms with Crippen molar-refractivity contribution in [1.29, 1.82) is 0 Å². The first-order chi connectivity index (χ1) is 9.40. The average molecular weight is 293 g/mol. The van der Waals surface area contributed by atoms with E-state index in [0.29, 0.717) is 4.90 Å². The first-order valence-corrected chi connectivity index (χ1v) is 8.48. The Hall–Kier alpha value is -1.69. The van der Waals surface area contributed by atoms with Gasteiger partial charge in [-0.25, -0.2) is 8.42 Å². The molecule has 2 aromatic rings. The Labute approximate surface area is 119 Å². The molecule has 0 spiro atoms. The highest BCUT2D eigenvalue weighted by Crippen LogP contribution is 2.21. The summed E-state index contributed by atoms with van der Waals surface area (Å²) in [4.78, 5) is 0.352. The normalized spacial score (nSPS) is 13.3. The lowest BCUT2D eigenvalue weighted by Crippen LogP contribution is -2.01. The second-order valence-corrected chi connectivity index (χ2v) is 7.03. The monoisotopic (exact) mass is 293 g/mol. The molecule has 5 nitrogen and oxygen atoms in total. The van der Waals surface area contributed by atoms with Gasteiger partial charge in [-0.2, -0.15) is 0 Å². The summed E-state index contributed by atoms with van der Waals surface area (Å²) < 4.78 is 24.6. The summed E-state index contributed by atoms with van der Waals surface area (Å²) in [5.41, 5.74) is 2.05. The third-order valence-electron chi connectivity index (χ3n) is 3.30. The molecule has 2 rings (SSSR count). The van der Waals surface area contributed by atoms with Gasteiger partial charge >= 0.3 is 0 Å². The van der Waals surface area contributed by atoms with E-state index in [1.165, 1.54) is 6.26 Å². The molecule has 0 aliphatic rings. The van der Waals surface area contributed by atoms with Gasteiger partial charge in [0, 0.05) is 19.0 Å². The van der Waals surface area contributed by atoms with Gasteiger partial charge in [0.25, 0.3) is 0 Å². The Balaban J connectivity index is 2.11. The Morgan fingerprint density at radius 2 is 1.90 bits per heavy atom. The summed E-state index contributed by atoms with van der Waals surface area (Å²) in [5, 5.41) is 8.14. The Bertz CT molecular complexity index is 675. The van der Waals surface area contributed by atoms with Gasteiger partial charge in [-0.15, -0.1) is 5.10 Å². The molecule has 1 heterocycles. The van der Waals surface area contributed by atoms with Gasteiger partial charge in [0.05, 0.1) is 10.6 Å². The third-order valence-corrected chi connectivity index (χ3v) is 4.43. The number of benzene rings is 1. The van der Waals surface area contributed by atoms with Gasteiger partial charge in [-0.1, -0.05) is 24.3 Å². The van der Waals surface area contributed by atoms with Crippen LogP contribution in [0.4, 0.5) is 0 Å². The van der Waals surface area contributed by atoms with E-state index in [0.717, 1.165) is 24.2 Å². The zero-order valence-electron chi connectivity index (χ0n) is 11.9. The van der Waals surface area contributed by atoms with Crippen LogP contribution in [-0.2, 0) is 22.8 Å². The van der Waals surface area contributed by atoms with Crippen molar-refractivity contribution in [3.63, 3.8) is 0 Å². The van der Waals surface area contributed by atoms with Crippen LogP contribution in [0.15, 0.2) is 35.4 Å². The predicted molar refractivity (Wildman–Crippen MR) is 77.4 cm³/mol. The molecule has 0 amide bonds. The summed E-state index contributed by atoms with van der Waals surface area (Å²) in [5.74, 6) is 0.269. The van der Waals surface area contributed by atoms with E-state index in [1.807, 2.05) is 25.3 Å². The van der Waals surface area contributed by atoms with E-state index in [1.54, 1.807) is 16.8 Å². The van der Waals surface area contributed by atoms with Crippen LogP contribution >= 0.6 is 0 Å². The quantitative estimate of drug-likeness (QED) is 0.846. The lowest BCUT2D eigenvalue weighted by molar-refractivity contribution is 0.601. The maximum Gasteiger partial charge on any atom is 0.175 e. The number of aromatic nitrogens is 3. The van der Waals surface area contributed by atoms with Crippen molar-refractivity contribution < 1.29 is 8.42 Å². The van der Waals surface area contributed by atoms with Crippen LogP contribution in [0, 0.1) is 0 Å². The van der Waals surface area contributed by atoms with Crippen LogP contribution in [-0.4, -0.2) is 29.7 Å². The fourth-order valence-electron chi connectivity index (χ4n) is 2.06. The zero-order valence-corrected chi connectivity index (χ0v) is 12.8. The van der Waals surface area contributed by atoms with Crippen LogP contribution < -0.4 is 0 Å². The maximum atomic E-state index is 11.4. The molecule has 1 atom stereocenters. The van der Waals surface area contributed by atoms with E-state index >= 15 is 0 Å². The van der Waals surface area contributed by atoms with Crippen molar-refractivity contribution in [2.45, 2.75) is 37.6 Å². The van der Waals surface area contributed by atoms with Gasteiger partial charge in [-0.05, 0) is 37.0 Å². The summed E-state index contributed by atoms with van der Waals surface area (Å²) in [6, 6.07) is 7.05. The molecule has 6 heteroatoms. The van der Waals surface area contributed by atoms with Gasteiger partial charge in [0.1, 0.15) is 0 Å². The lowest BCUT2D eigenvalue weighted by Gasteiger charge is -2.10. The van der Waals surface area contributed by atoms with Crippen molar-refractivity contribution >= 4 is 9.84 Å². The number of hydrogen-bond donors (Lipinski definition) is 0. The summed E-state index contributed by atoms with van der Waals surface area (Å²) >= 11 is 0. The molecule has 0 N–H and O–H groups in total. The molecule has 1 aromatic carbocycles. The predicted octanol–water partition coefficient (Wildman–Crippen LogP) is 2.05. The van der Waals surface area contributed by atoms with E-state index < -0.39 is 9.84 Å². The van der Waals surface area contributed by atoms with Gasteiger partial charge in [0.2, 0.25) is 0 Å². The van der Waals surface area contributed by atoms with Crippen molar-refractivity contribution in [2.24, 2.45) is 0 Å². The number of hydrogen-bond acceptors (Lipinski definition) is 4. The summed E-state index contributed by atoms with van der Waals surface area (Å²) in [7, 11) is -3.13. The van der Waals surface area contributed by atoms with Gasteiger partial charge < -0.3 is 0 Å². The van der Waals surface area contributed by atoms with Crippen LogP contribution in [0.2, 0.25) is 0 Å². The number of sulfone groups is 1. The number of nitrogens with zero attached hydrogens (tertiary/aromatic N) is 3.